The van der Waals surface area contributed by atoms with Gasteiger partial charge in [0, 0.05) is 10.0 Å². The molecule has 0 unspecified atom stereocenters. The van der Waals surface area contributed by atoms with E-state index in [1.807, 2.05) is 12.1 Å². The molecule has 0 aliphatic carbocycles. The van der Waals surface area contributed by atoms with Crippen LogP contribution < -0.4 is 0 Å². The van der Waals surface area contributed by atoms with Gasteiger partial charge in [0.25, 0.3) is 0 Å². The van der Waals surface area contributed by atoms with Crippen LogP contribution in [0.2, 0.25) is 0 Å². The summed E-state index contributed by atoms with van der Waals surface area (Å²) in [6.07, 6.45) is 2.05. The predicted molar refractivity (Wildman–Crippen MR) is 63.0 cm³/mol. The number of phenols is 1. The molecule has 12 heavy (non-hydrogen) atoms. The Hall–Kier alpha value is 0.230. The molecule has 0 heterocycles. The molecule has 0 fully saturated rings. The minimum absolute atomic E-state index is 0.397. The third-order valence-electron chi connectivity index (χ3n) is 1.65. The summed E-state index contributed by atoms with van der Waals surface area (Å²) in [5.41, 5.74) is 1.02. The molecule has 0 saturated heterocycles. The molecule has 0 aromatic heterocycles. The Labute approximate surface area is 94.4 Å². The van der Waals surface area contributed by atoms with E-state index in [1.165, 1.54) is 0 Å². The number of halogens is 2. The molecule has 1 rings (SSSR count). The van der Waals surface area contributed by atoms with Crippen LogP contribution in [0, 0.1) is 0 Å². The largest absolute Gasteiger partial charge is 0.508 e. The SMILES string of the molecule is Oc1cccc(Br)c1CCCI. The number of alkyl halides is 1. The van der Waals surface area contributed by atoms with E-state index in [1.54, 1.807) is 6.07 Å². The summed E-state index contributed by atoms with van der Waals surface area (Å²) in [6.45, 7) is 0. The first-order valence-electron chi connectivity index (χ1n) is 3.78. The molecule has 0 atom stereocenters. The maximum Gasteiger partial charge on any atom is 0.119 e. The molecule has 0 saturated carbocycles. The Morgan fingerprint density at radius 1 is 1.42 bits per heavy atom. The summed E-state index contributed by atoms with van der Waals surface area (Å²) in [4.78, 5) is 0. The lowest BCUT2D eigenvalue weighted by atomic mass is 10.1. The summed E-state index contributed by atoms with van der Waals surface area (Å²) in [5, 5.41) is 9.49. The molecule has 0 bridgehead atoms. The first-order valence-corrected chi connectivity index (χ1v) is 6.10. The summed E-state index contributed by atoms with van der Waals surface area (Å²) >= 11 is 5.76. The van der Waals surface area contributed by atoms with Crippen molar-refractivity contribution < 1.29 is 5.11 Å². The number of phenolic OH excluding ortho intramolecular Hbond substituents is 1. The number of hydrogen-bond donors (Lipinski definition) is 1. The Morgan fingerprint density at radius 2 is 2.17 bits per heavy atom. The Kier molecular flexibility index (Phi) is 4.35. The van der Waals surface area contributed by atoms with E-state index in [2.05, 4.69) is 38.5 Å². The fraction of sp³-hybridized carbons (Fsp3) is 0.333. The van der Waals surface area contributed by atoms with Crippen molar-refractivity contribution in [1.82, 2.24) is 0 Å². The molecule has 0 radical (unpaired) electrons. The summed E-state index contributed by atoms with van der Waals surface area (Å²) < 4.78 is 2.13. The van der Waals surface area contributed by atoms with Crippen LogP contribution in [0.4, 0.5) is 0 Å². The van der Waals surface area contributed by atoms with Crippen molar-refractivity contribution in [2.24, 2.45) is 0 Å². The van der Waals surface area contributed by atoms with Gasteiger partial charge in [-0.1, -0.05) is 44.6 Å². The highest BCUT2D eigenvalue weighted by Gasteiger charge is 2.03. The lowest BCUT2D eigenvalue weighted by Gasteiger charge is -2.04. The Bertz CT molecular complexity index is 242. The van der Waals surface area contributed by atoms with Crippen molar-refractivity contribution >= 4 is 38.5 Å². The van der Waals surface area contributed by atoms with Crippen molar-refractivity contribution in [3.8, 4) is 5.75 Å². The molecule has 0 aliphatic heterocycles. The molecular weight excluding hydrogens is 331 g/mol. The van der Waals surface area contributed by atoms with Gasteiger partial charge in [-0.05, 0) is 29.4 Å². The second-order valence-electron chi connectivity index (χ2n) is 2.53. The second-order valence-corrected chi connectivity index (χ2v) is 4.46. The van der Waals surface area contributed by atoms with Crippen LogP contribution in [-0.2, 0) is 6.42 Å². The van der Waals surface area contributed by atoms with E-state index in [0.29, 0.717) is 5.75 Å². The van der Waals surface area contributed by atoms with Gasteiger partial charge >= 0.3 is 0 Å². The van der Waals surface area contributed by atoms with E-state index in [4.69, 9.17) is 0 Å². The molecule has 66 valence electrons. The lowest BCUT2D eigenvalue weighted by molar-refractivity contribution is 0.467. The standard InChI is InChI=1S/C9H10BrIO/c10-8-4-1-5-9(12)7(8)3-2-6-11/h1,4-5,12H,2-3,6H2. The smallest absolute Gasteiger partial charge is 0.119 e. The zero-order valence-electron chi connectivity index (χ0n) is 6.56. The highest BCUT2D eigenvalue weighted by molar-refractivity contribution is 14.1. The predicted octanol–water partition coefficient (Wildman–Crippen LogP) is 3.52. The minimum atomic E-state index is 0.397. The monoisotopic (exact) mass is 340 g/mol. The Balaban J connectivity index is 2.81. The highest BCUT2D eigenvalue weighted by Crippen LogP contribution is 2.26. The second kappa shape index (κ2) is 5.07. The van der Waals surface area contributed by atoms with Crippen LogP contribution in [0.25, 0.3) is 0 Å². The molecule has 0 aliphatic rings. The van der Waals surface area contributed by atoms with Crippen molar-refractivity contribution in [2.45, 2.75) is 12.8 Å². The fourth-order valence-electron chi connectivity index (χ4n) is 1.04. The summed E-state index contributed by atoms with van der Waals surface area (Å²) in [7, 11) is 0. The molecular formula is C9H10BrIO. The number of hydrogen-bond acceptors (Lipinski definition) is 1. The van der Waals surface area contributed by atoms with E-state index >= 15 is 0 Å². The molecule has 0 spiro atoms. The normalized spacial score (nSPS) is 10.2. The highest BCUT2D eigenvalue weighted by atomic mass is 127. The average molecular weight is 341 g/mol. The van der Waals surface area contributed by atoms with Gasteiger partial charge in [0.05, 0.1) is 0 Å². The van der Waals surface area contributed by atoms with E-state index in [9.17, 15) is 5.11 Å². The quantitative estimate of drug-likeness (QED) is 0.659. The van der Waals surface area contributed by atoms with Crippen LogP contribution in [-0.4, -0.2) is 9.53 Å². The topological polar surface area (TPSA) is 20.2 Å². The van der Waals surface area contributed by atoms with E-state index in [-0.39, 0.29) is 0 Å². The van der Waals surface area contributed by atoms with Crippen LogP contribution >= 0.6 is 38.5 Å². The van der Waals surface area contributed by atoms with Gasteiger partial charge in [-0.15, -0.1) is 0 Å². The van der Waals surface area contributed by atoms with Gasteiger partial charge in [0.2, 0.25) is 0 Å². The van der Waals surface area contributed by atoms with Gasteiger partial charge in [-0.3, -0.25) is 0 Å². The Morgan fingerprint density at radius 3 is 2.75 bits per heavy atom. The number of benzene rings is 1. The van der Waals surface area contributed by atoms with Gasteiger partial charge in [-0.25, -0.2) is 0 Å². The van der Waals surface area contributed by atoms with Crippen LogP contribution in [0.1, 0.15) is 12.0 Å². The van der Waals surface area contributed by atoms with Crippen LogP contribution in [0.5, 0.6) is 5.75 Å². The first kappa shape index (κ1) is 10.3. The number of rotatable bonds is 3. The fourth-order valence-corrected chi connectivity index (χ4v) is 1.97. The minimum Gasteiger partial charge on any atom is -0.508 e. The zero-order chi connectivity index (χ0) is 8.97. The van der Waals surface area contributed by atoms with Crippen molar-refractivity contribution in [1.29, 1.82) is 0 Å². The maximum atomic E-state index is 9.49. The molecule has 3 heteroatoms. The van der Waals surface area contributed by atoms with Crippen molar-refractivity contribution in [3.63, 3.8) is 0 Å². The van der Waals surface area contributed by atoms with Gasteiger partial charge in [0.1, 0.15) is 5.75 Å². The van der Waals surface area contributed by atoms with Crippen LogP contribution in [0.15, 0.2) is 22.7 Å². The van der Waals surface area contributed by atoms with E-state index in [0.717, 1.165) is 27.3 Å². The third-order valence-corrected chi connectivity index (χ3v) is 3.16. The van der Waals surface area contributed by atoms with Gasteiger partial charge in [-0.2, -0.15) is 0 Å². The summed E-state index contributed by atoms with van der Waals surface area (Å²) in [5.74, 6) is 0.397. The van der Waals surface area contributed by atoms with E-state index < -0.39 is 0 Å². The molecule has 0 amide bonds. The number of aromatic hydroxyl groups is 1. The van der Waals surface area contributed by atoms with Crippen LogP contribution in [0.3, 0.4) is 0 Å². The first-order chi connectivity index (χ1) is 5.75. The van der Waals surface area contributed by atoms with Crippen molar-refractivity contribution in [2.75, 3.05) is 4.43 Å². The molecule has 1 aromatic rings. The maximum absolute atomic E-state index is 9.49. The summed E-state index contributed by atoms with van der Waals surface area (Å²) in [6, 6.07) is 5.53. The van der Waals surface area contributed by atoms with Gasteiger partial charge < -0.3 is 5.11 Å². The van der Waals surface area contributed by atoms with Crippen molar-refractivity contribution in [3.05, 3.63) is 28.2 Å². The molecule has 1 aromatic carbocycles. The lowest BCUT2D eigenvalue weighted by Crippen LogP contribution is -1.88. The molecule has 1 N–H and O–H groups in total. The molecule has 1 nitrogen and oxygen atoms in total. The zero-order valence-corrected chi connectivity index (χ0v) is 10.3. The van der Waals surface area contributed by atoms with Gasteiger partial charge in [0.15, 0.2) is 0 Å². The average Bonchev–Trinajstić information content (AvgIpc) is 2.04. The third kappa shape index (κ3) is 2.62.